The fraction of sp³-hybridized carbons (Fsp3) is 0.500. The first kappa shape index (κ1) is 6.12. The van der Waals surface area contributed by atoms with Gasteiger partial charge in [0.1, 0.15) is 6.04 Å². The number of terminal acetylenes is 1. The Morgan fingerprint density at radius 3 is 3.22 bits per heavy atom. The van der Waals surface area contributed by atoms with Crippen LogP contribution in [0, 0.1) is 12.3 Å². The molecule has 50 valence electrons. The minimum Gasteiger partial charge on any atom is -0.480 e. The molecule has 0 aromatic rings. The predicted octanol–water partition coefficient (Wildman–Crippen LogP) is -0.318. The van der Waals surface area contributed by atoms with Crippen LogP contribution in [-0.2, 0) is 4.79 Å². The van der Waals surface area contributed by atoms with Crippen molar-refractivity contribution in [1.29, 1.82) is 0 Å². The quantitative estimate of drug-likeness (QED) is 0.512. The van der Waals surface area contributed by atoms with Gasteiger partial charge in [-0.1, -0.05) is 0 Å². The van der Waals surface area contributed by atoms with Gasteiger partial charge < -0.3 is 10.4 Å². The van der Waals surface area contributed by atoms with Crippen LogP contribution in [0.5, 0.6) is 0 Å². The van der Waals surface area contributed by atoms with E-state index in [9.17, 15) is 4.79 Å². The number of hydrogen-bond acceptors (Lipinski definition) is 2. The molecule has 0 saturated carbocycles. The second-order valence-electron chi connectivity index (χ2n) is 1.50. The Morgan fingerprint density at radius 1 is 2.22 bits per heavy atom. The highest BCUT2D eigenvalue weighted by Crippen LogP contribution is 1.87. The normalized spacial score (nSPS) is 13.4. The molecular formula is C6H9NO2. The van der Waals surface area contributed by atoms with Crippen LogP contribution >= 0.6 is 0 Å². The first-order valence-corrected chi connectivity index (χ1v) is 2.41. The molecule has 0 saturated heterocycles. The van der Waals surface area contributed by atoms with E-state index in [0.29, 0.717) is 0 Å². The fourth-order valence-electron chi connectivity index (χ4n) is 0.365. The van der Waals surface area contributed by atoms with Crippen molar-refractivity contribution in [2.45, 2.75) is 12.5 Å². The smallest absolute Gasteiger partial charge is 0.321 e. The molecule has 0 fully saturated rings. The van der Waals surface area contributed by atoms with Crippen molar-refractivity contribution in [1.82, 2.24) is 5.32 Å². The highest BCUT2D eigenvalue weighted by molar-refractivity contribution is 5.73. The number of rotatable bonds is 3. The van der Waals surface area contributed by atoms with E-state index in [1.165, 1.54) is 0 Å². The third-order valence-electron chi connectivity index (χ3n) is 0.866. The molecule has 1 atom stereocenters. The molecule has 0 heterocycles. The number of carboxylic acids is 1. The Hall–Kier alpha value is -1.01. The van der Waals surface area contributed by atoms with E-state index < -0.39 is 12.0 Å². The van der Waals surface area contributed by atoms with E-state index in [2.05, 4.69) is 11.2 Å². The first-order valence-electron chi connectivity index (χ1n) is 3.12. The molecule has 0 spiro atoms. The maximum absolute atomic E-state index is 10.2. The molecule has 1 unspecified atom stereocenters. The van der Waals surface area contributed by atoms with Gasteiger partial charge in [0, 0.05) is 7.79 Å². The molecule has 2 N–H and O–H groups in total. The van der Waals surface area contributed by atoms with Gasteiger partial charge >= 0.3 is 5.97 Å². The van der Waals surface area contributed by atoms with E-state index in [0.717, 1.165) is 0 Å². The van der Waals surface area contributed by atoms with Crippen molar-refractivity contribution in [2.75, 3.05) is 7.02 Å². The van der Waals surface area contributed by atoms with Gasteiger partial charge in [0.15, 0.2) is 0 Å². The van der Waals surface area contributed by atoms with E-state index in [4.69, 9.17) is 12.9 Å². The van der Waals surface area contributed by atoms with Crippen LogP contribution in [-0.4, -0.2) is 24.1 Å². The Kier molecular flexibility index (Phi) is 2.67. The lowest BCUT2D eigenvalue weighted by molar-refractivity contribution is -0.139. The molecule has 0 rings (SSSR count). The standard InChI is InChI=1S/C6H9NO2/c1-3-4-5(7-2)6(8)9/h1,5,7H,4H2,2H3,(H,8,9)/i2D. The molecule has 0 aromatic carbocycles. The number of likely N-dealkylation sites (N-methyl/N-ethyl adjacent to an activating group) is 1. The topological polar surface area (TPSA) is 49.3 Å². The summed E-state index contributed by atoms with van der Waals surface area (Å²) < 4.78 is 6.66. The number of hydrogen-bond donors (Lipinski definition) is 2. The summed E-state index contributed by atoms with van der Waals surface area (Å²) >= 11 is 0. The van der Waals surface area contributed by atoms with Crippen LogP contribution in [0.4, 0.5) is 0 Å². The number of carbonyl (C=O) groups is 1. The molecule has 0 aliphatic rings. The lowest BCUT2D eigenvalue weighted by Gasteiger charge is -2.04. The maximum atomic E-state index is 10.2. The van der Waals surface area contributed by atoms with Crippen molar-refractivity contribution < 1.29 is 11.3 Å². The summed E-state index contributed by atoms with van der Waals surface area (Å²) in [6.45, 7) is 0. The van der Waals surface area contributed by atoms with E-state index in [1.54, 1.807) is 0 Å². The minimum absolute atomic E-state index is 0.119. The molecule has 0 radical (unpaired) electrons. The molecule has 9 heavy (non-hydrogen) atoms. The zero-order chi connectivity index (χ0) is 7.98. The van der Waals surface area contributed by atoms with Crippen molar-refractivity contribution in [3.63, 3.8) is 0 Å². The highest BCUT2D eigenvalue weighted by atomic mass is 16.4. The van der Waals surface area contributed by atoms with E-state index in [-0.39, 0.29) is 13.4 Å². The van der Waals surface area contributed by atoms with Gasteiger partial charge in [-0.05, 0) is 7.02 Å². The van der Waals surface area contributed by atoms with Crippen LogP contribution in [0.15, 0.2) is 0 Å². The van der Waals surface area contributed by atoms with Gasteiger partial charge in [0.25, 0.3) is 0 Å². The summed E-state index contributed by atoms with van der Waals surface area (Å²) in [4.78, 5) is 10.2. The Morgan fingerprint density at radius 2 is 2.89 bits per heavy atom. The molecule has 3 heteroatoms. The molecule has 0 aromatic heterocycles. The minimum atomic E-state index is -1.01. The molecule has 0 aliphatic carbocycles. The lowest BCUT2D eigenvalue weighted by atomic mass is 10.2. The zero-order valence-corrected chi connectivity index (χ0v) is 4.92. The molecule has 0 aliphatic heterocycles. The van der Waals surface area contributed by atoms with Gasteiger partial charge in [0.05, 0.1) is 0 Å². The summed E-state index contributed by atoms with van der Waals surface area (Å²) in [5.41, 5.74) is 0. The van der Waals surface area contributed by atoms with Crippen LogP contribution < -0.4 is 5.32 Å². The fourth-order valence-corrected chi connectivity index (χ4v) is 0.365. The number of nitrogens with one attached hydrogen (secondary N) is 1. The Balaban J connectivity index is 3.75. The van der Waals surface area contributed by atoms with Crippen LogP contribution in [0.1, 0.15) is 7.79 Å². The number of carboxylic acid groups (broad SMARTS) is 1. The van der Waals surface area contributed by atoms with E-state index >= 15 is 0 Å². The summed E-state index contributed by atoms with van der Waals surface area (Å²) in [7, 11) is -0.126. The van der Waals surface area contributed by atoms with Crippen molar-refractivity contribution in [2.24, 2.45) is 0 Å². The van der Waals surface area contributed by atoms with Crippen molar-refractivity contribution >= 4 is 5.97 Å². The predicted molar refractivity (Wildman–Crippen MR) is 33.9 cm³/mol. The van der Waals surface area contributed by atoms with E-state index in [1.807, 2.05) is 0 Å². The molecular weight excluding hydrogens is 118 g/mol. The van der Waals surface area contributed by atoms with Gasteiger partial charge in [0.2, 0.25) is 0 Å². The van der Waals surface area contributed by atoms with Crippen LogP contribution in [0.25, 0.3) is 0 Å². The van der Waals surface area contributed by atoms with Gasteiger partial charge in [-0.3, -0.25) is 4.79 Å². The second-order valence-corrected chi connectivity index (χ2v) is 1.50. The number of aliphatic carboxylic acids is 1. The first-order chi connectivity index (χ1) is 4.72. The Bertz CT molecular complexity index is 152. The summed E-state index contributed by atoms with van der Waals surface area (Å²) in [5, 5.41) is 10.8. The molecule has 0 amide bonds. The molecule has 3 nitrogen and oxygen atoms in total. The SMILES string of the molecule is [2H]CNC(CC#C)C(=O)O. The van der Waals surface area contributed by atoms with Gasteiger partial charge in [-0.2, -0.15) is 0 Å². The zero-order valence-electron chi connectivity index (χ0n) is 5.92. The summed E-state index contributed by atoms with van der Waals surface area (Å²) in [6.07, 6.45) is 5.00. The van der Waals surface area contributed by atoms with Gasteiger partial charge in [-0.25, -0.2) is 0 Å². The third-order valence-corrected chi connectivity index (χ3v) is 0.866. The third kappa shape index (κ3) is 2.73. The average molecular weight is 128 g/mol. The maximum Gasteiger partial charge on any atom is 0.321 e. The Labute approximate surface area is 55.5 Å². The summed E-state index contributed by atoms with van der Waals surface area (Å²) in [5.74, 6) is 1.20. The monoisotopic (exact) mass is 128 g/mol. The second kappa shape index (κ2) is 3.93. The van der Waals surface area contributed by atoms with Crippen LogP contribution in [0.3, 0.4) is 0 Å². The summed E-state index contributed by atoms with van der Waals surface area (Å²) in [6, 6.07) is -0.775. The largest absolute Gasteiger partial charge is 0.480 e. The van der Waals surface area contributed by atoms with Crippen molar-refractivity contribution in [3.05, 3.63) is 0 Å². The van der Waals surface area contributed by atoms with Gasteiger partial charge in [-0.15, -0.1) is 12.3 Å². The highest BCUT2D eigenvalue weighted by Gasteiger charge is 2.11. The van der Waals surface area contributed by atoms with Crippen LogP contribution in [0.2, 0.25) is 0 Å². The van der Waals surface area contributed by atoms with Crippen molar-refractivity contribution in [3.8, 4) is 12.3 Å². The lowest BCUT2D eigenvalue weighted by Crippen LogP contribution is -2.33. The molecule has 0 bridgehead atoms. The average Bonchev–Trinajstić information content (AvgIpc) is 1.87.